The molecule has 5 nitrogen and oxygen atoms in total. The molecule has 1 amide bonds. The van der Waals surface area contributed by atoms with Crippen molar-refractivity contribution in [1.29, 1.82) is 0 Å². The summed E-state index contributed by atoms with van der Waals surface area (Å²) in [4.78, 5) is 32.9. The summed E-state index contributed by atoms with van der Waals surface area (Å²) >= 11 is 1.30. The maximum Gasteiger partial charge on any atom is 0.290 e. The molecular weight excluding hydrogens is 396 g/mol. The fourth-order valence-corrected chi connectivity index (χ4v) is 4.80. The average Bonchev–Trinajstić information content (AvgIpc) is 3.18. The summed E-state index contributed by atoms with van der Waals surface area (Å²) in [5.74, 6) is -0.816. The number of aliphatic hydroxyl groups is 1. The number of thiazole rings is 1. The Bertz CT molecular complexity index is 973. The molecule has 1 aromatic carbocycles. The second-order valence-corrected chi connectivity index (χ2v) is 9.37. The average molecular weight is 427 g/mol. The number of nitrogens with zero attached hydrogens (tertiary/aromatic N) is 2. The van der Waals surface area contributed by atoms with Crippen LogP contribution < -0.4 is 0 Å². The third-order valence-electron chi connectivity index (χ3n) is 5.58. The molecule has 1 unspecified atom stereocenters. The van der Waals surface area contributed by atoms with Crippen molar-refractivity contribution in [2.45, 2.75) is 65.8 Å². The SMILES string of the molecule is CCCCCN1C(=O)C(O)=C(C(=O)c2sc(C)nc2C)C1c1ccc(C(C)C)cc1. The first-order valence-corrected chi connectivity index (χ1v) is 11.4. The van der Waals surface area contributed by atoms with E-state index in [1.54, 1.807) is 11.8 Å². The summed E-state index contributed by atoms with van der Waals surface area (Å²) in [7, 11) is 0. The first-order chi connectivity index (χ1) is 14.3. The van der Waals surface area contributed by atoms with Crippen molar-refractivity contribution in [3.8, 4) is 0 Å². The quantitative estimate of drug-likeness (QED) is 0.437. The normalized spacial score (nSPS) is 16.8. The molecule has 3 rings (SSSR count). The van der Waals surface area contributed by atoms with Crippen LogP contribution in [0.3, 0.4) is 0 Å². The number of hydrogen-bond acceptors (Lipinski definition) is 5. The van der Waals surface area contributed by atoms with Crippen molar-refractivity contribution in [2.75, 3.05) is 6.54 Å². The largest absolute Gasteiger partial charge is 0.503 e. The van der Waals surface area contributed by atoms with E-state index in [0.29, 0.717) is 23.0 Å². The molecule has 0 saturated heterocycles. The Hall–Kier alpha value is -2.47. The molecule has 0 fully saturated rings. The molecule has 1 aromatic heterocycles. The molecule has 0 saturated carbocycles. The molecular formula is C24H30N2O3S. The number of carbonyl (C=O) groups excluding carboxylic acids is 2. The van der Waals surface area contributed by atoms with Crippen LogP contribution in [0.2, 0.25) is 0 Å². The van der Waals surface area contributed by atoms with E-state index < -0.39 is 17.7 Å². The van der Waals surface area contributed by atoms with Crippen LogP contribution in [0.1, 0.15) is 83.5 Å². The van der Waals surface area contributed by atoms with Gasteiger partial charge >= 0.3 is 0 Å². The smallest absolute Gasteiger partial charge is 0.290 e. The molecule has 160 valence electrons. The van der Waals surface area contributed by atoms with Crippen LogP contribution in [0.25, 0.3) is 0 Å². The molecule has 0 spiro atoms. The molecule has 1 N–H and O–H groups in total. The Kier molecular flexibility index (Phi) is 6.76. The molecule has 1 atom stereocenters. The number of Topliss-reactive ketones (excluding diaryl/α,β-unsaturated/α-hetero) is 1. The summed E-state index contributed by atoms with van der Waals surface area (Å²) in [6.45, 7) is 10.5. The zero-order valence-electron chi connectivity index (χ0n) is 18.4. The van der Waals surface area contributed by atoms with Crippen LogP contribution in [-0.4, -0.2) is 33.2 Å². The lowest BCUT2D eigenvalue weighted by Gasteiger charge is -2.27. The number of hydrogen-bond donors (Lipinski definition) is 1. The number of unbranched alkanes of at least 4 members (excludes halogenated alkanes) is 2. The second-order valence-electron chi connectivity index (χ2n) is 8.17. The zero-order chi connectivity index (χ0) is 22.0. The highest BCUT2D eigenvalue weighted by Crippen LogP contribution is 2.40. The maximum absolute atomic E-state index is 13.4. The molecule has 1 aliphatic heterocycles. The van der Waals surface area contributed by atoms with Crippen LogP contribution >= 0.6 is 11.3 Å². The van der Waals surface area contributed by atoms with Crippen LogP contribution in [-0.2, 0) is 4.79 Å². The summed E-state index contributed by atoms with van der Waals surface area (Å²) < 4.78 is 0. The molecule has 2 heterocycles. The van der Waals surface area contributed by atoms with E-state index in [1.807, 2.05) is 31.2 Å². The van der Waals surface area contributed by atoms with Crippen molar-refractivity contribution in [2.24, 2.45) is 0 Å². The van der Waals surface area contributed by atoms with Crippen LogP contribution in [0.15, 0.2) is 35.6 Å². The number of aliphatic hydroxyl groups excluding tert-OH is 1. The molecule has 0 bridgehead atoms. The van der Waals surface area contributed by atoms with Crippen molar-refractivity contribution >= 4 is 23.0 Å². The lowest BCUT2D eigenvalue weighted by Crippen LogP contribution is -2.32. The molecule has 6 heteroatoms. The van der Waals surface area contributed by atoms with Gasteiger partial charge in [0.05, 0.1) is 27.2 Å². The number of benzene rings is 1. The maximum atomic E-state index is 13.4. The molecule has 0 aliphatic carbocycles. The standard InChI is InChI=1S/C24H30N2O3S/c1-6-7-8-13-26-20(18-11-9-17(10-12-18)14(2)3)19(22(28)24(26)29)21(27)23-15(4)25-16(5)30-23/h9-12,14,20,28H,6-8,13H2,1-5H3. The second kappa shape index (κ2) is 9.13. The van der Waals surface area contributed by atoms with Crippen molar-refractivity contribution < 1.29 is 14.7 Å². The first-order valence-electron chi connectivity index (χ1n) is 10.6. The van der Waals surface area contributed by atoms with E-state index in [9.17, 15) is 14.7 Å². The third kappa shape index (κ3) is 4.19. The number of carbonyl (C=O) groups is 2. The number of amides is 1. The Balaban J connectivity index is 2.05. The molecule has 30 heavy (non-hydrogen) atoms. The lowest BCUT2D eigenvalue weighted by molar-refractivity contribution is -0.129. The van der Waals surface area contributed by atoms with Gasteiger partial charge in [0.1, 0.15) is 0 Å². The Morgan fingerprint density at radius 3 is 2.40 bits per heavy atom. The zero-order valence-corrected chi connectivity index (χ0v) is 19.2. The van der Waals surface area contributed by atoms with Crippen molar-refractivity contribution in [3.05, 3.63) is 62.3 Å². The summed E-state index contributed by atoms with van der Waals surface area (Å²) in [5.41, 5.74) is 2.83. The Morgan fingerprint density at radius 2 is 1.87 bits per heavy atom. The van der Waals surface area contributed by atoms with Crippen LogP contribution in [0.4, 0.5) is 0 Å². The number of rotatable bonds is 8. The fraction of sp³-hybridized carbons (Fsp3) is 0.458. The van der Waals surface area contributed by atoms with Gasteiger partial charge in [-0.15, -0.1) is 11.3 Å². The van der Waals surface area contributed by atoms with Gasteiger partial charge in [0.15, 0.2) is 5.76 Å². The summed E-state index contributed by atoms with van der Waals surface area (Å²) in [5, 5.41) is 11.5. The highest BCUT2D eigenvalue weighted by molar-refractivity contribution is 7.14. The van der Waals surface area contributed by atoms with E-state index in [1.165, 1.54) is 16.9 Å². The summed E-state index contributed by atoms with van der Waals surface area (Å²) in [6, 6.07) is 7.43. The van der Waals surface area contributed by atoms with Gasteiger partial charge in [0, 0.05) is 6.54 Å². The van der Waals surface area contributed by atoms with Crippen molar-refractivity contribution in [1.82, 2.24) is 9.88 Å². The van der Waals surface area contributed by atoms with Gasteiger partial charge in [-0.3, -0.25) is 9.59 Å². The Labute approximate surface area is 182 Å². The molecule has 1 aliphatic rings. The van der Waals surface area contributed by atoms with E-state index in [4.69, 9.17) is 0 Å². The van der Waals surface area contributed by atoms with Gasteiger partial charge in [-0.25, -0.2) is 4.98 Å². The summed E-state index contributed by atoms with van der Waals surface area (Å²) in [6.07, 6.45) is 2.84. The third-order valence-corrected chi connectivity index (χ3v) is 6.65. The van der Waals surface area contributed by atoms with Gasteiger partial charge in [0.25, 0.3) is 5.91 Å². The monoisotopic (exact) mass is 426 g/mol. The minimum absolute atomic E-state index is 0.167. The highest BCUT2D eigenvalue weighted by atomic mass is 32.1. The first kappa shape index (κ1) is 22.2. The predicted molar refractivity (Wildman–Crippen MR) is 120 cm³/mol. The van der Waals surface area contributed by atoms with Crippen LogP contribution in [0, 0.1) is 13.8 Å². The van der Waals surface area contributed by atoms with Gasteiger partial charge in [-0.05, 0) is 37.3 Å². The fourth-order valence-electron chi connectivity index (χ4n) is 3.92. The molecule has 0 radical (unpaired) electrons. The van der Waals surface area contributed by atoms with Crippen LogP contribution in [0.5, 0.6) is 0 Å². The lowest BCUT2D eigenvalue weighted by atomic mass is 9.93. The van der Waals surface area contributed by atoms with Gasteiger partial charge < -0.3 is 10.0 Å². The highest BCUT2D eigenvalue weighted by Gasteiger charge is 2.44. The number of aryl methyl sites for hydroxylation is 2. The van der Waals surface area contributed by atoms with E-state index in [0.717, 1.165) is 29.8 Å². The van der Waals surface area contributed by atoms with Gasteiger partial charge in [-0.2, -0.15) is 0 Å². The van der Waals surface area contributed by atoms with E-state index in [2.05, 4.69) is 25.8 Å². The topological polar surface area (TPSA) is 70.5 Å². The van der Waals surface area contributed by atoms with Gasteiger partial charge in [0.2, 0.25) is 5.78 Å². The van der Waals surface area contributed by atoms with Gasteiger partial charge in [-0.1, -0.05) is 57.9 Å². The number of aromatic nitrogens is 1. The van der Waals surface area contributed by atoms with Crippen molar-refractivity contribution in [3.63, 3.8) is 0 Å². The number of ketones is 1. The molecule has 2 aromatic rings. The minimum atomic E-state index is -0.579. The Morgan fingerprint density at radius 1 is 1.20 bits per heavy atom. The predicted octanol–water partition coefficient (Wildman–Crippen LogP) is 5.65. The van der Waals surface area contributed by atoms with E-state index in [-0.39, 0.29) is 11.4 Å². The van der Waals surface area contributed by atoms with E-state index >= 15 is 0 Å². The minimum Gasteiger partial charge on any atom is -0.503 e.